The fourth-order valence-electron chi connectivity index (χ4n) is 0.598. The fraction of sp³-hybridized carbons (Fsp3) is 0.143. The summed E-state index contributed by atoms with van der Waals surface area (Å²) >= 11 is 0. The van der Waals surface area contributed by atoms with Gasteiger partial charge in [0.05, 0.1) is 12.1 Å². The molecule has 1 radical (unpaired) electrons. The molecule has 0 aliphatic rings. The normalized spacial score (nSPS) is 9.20. The Bertz CT molecular complexity index is 220. The van der Waals surface area contributed by atoms with E-state index in [0.29, 0.717) is 5.69 Å². The van der Waals surface area contributed by atoms with Crippen LogP contribution in [0.3, 0.4) is 0 Å². The van der Waals surface area contributed by atoms with Gasteiger partial charge >= 0.3 is 5.97 Å². The van der Waals surface area contributed by atoms with Gasteiger partial charge in [0.15, 0.2) is 0 Å². The van der Waals surface area contributed by atoms with E-state index in [1.807, 2.05) is 0 Å². The quantitative estimate of drug-likeness (QED) is 0.644. The van der Waals surface area contributed by atoms with Gasteiger partial charge in [-0.25, -0.2) is 0 Å². The number of nitrogens with zero attached hydrogens (tertiary/aromatic N) is 1. The van der Waals surface area contributed by atoms with Crippen LogP contribution in [0.2, 0.25) is 0 Å². The summed E-state index contributed by atoms with van der Waals surface area (Å²) in [4.78, 5) is 13.9. The molecule has 0 spiro atoms. The molecule has 3 heteroatoms. The Kier molecular flexibility index (Phi) is 1.99. The Labute approximate surface area is 58.3 Å². The molecule has 0 amide bonds. The first-order valence-electron chi connectivity index (χ1n) is 2.82. The first-order valence-corrected chi connectivity index (χ1v) is 2.82. The molecule has 0 bridgehead atoms. The highest BCUT2D eigenvalue weighted by molar-refractivity contribution is 5.69. The van der Waals surface area contributed by atoms with Crippen LogP contribution in [0.1, 0.15) is 5.69 Å². The number of aromatic nitrogens is 1. The lowest BCUT2D eigenvalue weighted by Gasteiger charge is -1.90. The third-order valence-electron chi connectivity index (χ3n) is 0.981. The van der Waals surface area contributed by atoms with Crippen molar-refractivity contribution >= 4 is 5.97 Å². The summed E-state index contributed by atoms with van der Waals surface area (Å²) in [5.74, 6) is -0.880. The summed E-state index contributed by atoms with van der Waals surface area (Å²) < 4.78 is 0. The Morgan fingerprint density at radius 2 is 2.60 bits per heavy atom. The Balaban J connectivity index is 2.67. The largest absolute Gasteiger partial charge is 0.481 e. The second kappa shape index (κ2) is 2.96. The average Bonchev–Trinajstić information content (AvgIpc) is 1.88. The summed E-state index contributed by atoms with van der Waals surface area (Å²) in [6.45, 7) is 0. The van der Waals surface area contributed by atoms with E-state index in [1.54, 1.807) is 18.3 Å². The zero-order valence-corrected chi connectivity index (χ0v) is 5.24. The molecule has 0 aromatic carbocycles. The molecule has 10 heavy (non-hydrogen) atoms. The average molecular weight is 136 g/mol. The Morgan fingerprint density at radius 1 is 1.80 bits per heavy atom. The van der Waals surface area contributed by atoms with E-state index in [-0.39, 0.29) is 6.42 Å². The molecule has 0 aliphatic heterocycles. The van der Waals surface area contributed by atoms with Gasteiger partial charge in [-0.3, -0.25) is 9.78 Å². The maximum atomic E-state index is 10.1. The lowest BCUT2D eigenvalue weighted by atomic mass is 10.3. The summed E-state index contributed by atoms with van der Waals surface area (Å²) in [6.07, 6.45) is 1.50. The molecule has 0 saturated heterocycles. The molecule has 1 heterocycles. The standard InChI is InChI=1S/C7H6NO2/c9-7(10)5-6-3-1-2-4-8-6/h1-2,4H,5H2,(H,9,10). The second-order valence-corrected chi connectivity index (χ2v) is 1.80. The second-order valence-electron chi connectivity index (χ2n) is 1.80. The van der Waals surface area contributed by atoms with Gasteiger partial charge < -0.3 is 5.11 Å². The van der Waals surface area contributed by atoms with E-state index in [0.717, 1.165) is 0 Å². The van der Waals surface area contributed by atoms with E-state index in [9.17, 15) is 4.79 Å². The fourth-order valence-corrected chi connectivity index (χ4v) is 0.598. The van der Waals surface area contributed by atoms with Crippen LogP contribution in [0.15, 0.2) is 18.3 Å². The molecular formula is C7H6NO2. The first-order chi connectivity index (χ1) is 4.79. The highest BCUT2D eigenvalue weighted by Crippen LogP contribution is 1.92. The van der Waals surface area contributed by atoms with Crippen LogP contribution >= 0.6 is 0 Å². The molecule has 0 unspecified atom stereocenters. The minimum Gasteiger partial charge on any atom is -0.481 e. The maximum Gasteiger partial charge on any atom is 0.309 e. The maximum absolute atomic E-state index is 10.1. The van der Waals surface area contributed by atoms with Crippen molar-refractivity contribution in [3.05, 3.63) is 30.1 Å². The van der Waals surface area contributed by atoms with Crippen molar-refractivity contribution in [2.24, 2.45) is 0 Å². The molecule has 1 N–H and O–H groups in total. The van der Waals surface area contributed by atoms with E-state index >= 15 is 0 Å². The minimum absolute atomic E-state index is 0.0547. The summed E-state index contributed by atoms with van der Waals surface area (Å²) in [7, 11) is 0. The van der Waals surface area contributed by atoms with Crippen LogP contribution in [0, 0.1) is 6.07 Å². The molecule has 1 rings (SSSR count). The van der Waals surface area contributed by atoms with Crippen LogP contribution in [-0.4, -0.2) is 16.1 Å². The summed E-state index contributed by atoms with van der Waals surface area (Å²) in [6, 6.07) is 6.05. The van der Waals surface area contributed by atoms with Gasteiger partial charge in [-0.2, -0.15) is 0 Å². The van der Waals surface area contributed by atoms with Gasteiger partial charge in [-0.15, -0.1) is 0 Å². The van der Waals surface area contributed by atoms with Crippen LogP contribution in [0.25, 0.3) is 0 Å². The van der Waals surface area contributed by atoms with Crippen LogP contribution in [-0.2, 0) is 11.2 Å². The van der Waals surface area contributed by atoms with Crippen LogP contribution in [0.4, 0.5) is 0 Å². The molecule has 3 nitrogen and oxygen atoms in total. The van der Waals surface area contributed by atoms with Gasteiger partial charge in [-0.05, 0) is 6.07 Å². The van der Waals surface area contributed by atoms with Crippen LogP contribution in [0.5, 0.6) is 0 Å². The third-order valence-corrected chi connectivity index (χ3v) is 0.981. The lowest BCUT2D eigenvalue weighted by Crippen LogP contribution is -2.01. The number of carbonyl (C=O) groups is 1. The monoisotopic (exact) mass is 136 g/mol. The number of carboxylic acid groups (broad SMARTS) is 1. The smallest absolute Gasteiger partial charge is 0.309 e. The van der Waals surface area contributed by atoms with Crippen molar-refractivity contribution in [1.82, 2.24) is 4.98 Å². The first kappa shape index (κ1) is 6.74. The number of aliphatic carboxylic acids is 1. The van der Waals surface area contributed by atoms with Gasteiger partial charge in [0.2, 0.25) is 0 Å². The number of rotatable bonds is 2. The highest BCUT2D eigenvalue weighted by atomic mass is 16.4. The Hall–Kier alpha value is -1.38. The molecule has 0 atom stereocenters. The zero-order chi connectivity index (χ0) is 7.40. The van der Waals surface area contributed by atoms with E-state index in [2.05, 4.69) is 11.1 Å². The molecular weight excluding hydrogens is 130 g/mol. The topological polar surface area (TPSA) is 50.2 Å². The SMILES string of the molecule is O=C(O)Cc1[c]cccn1. The number of carboxylic acids is 1. The van der Waals surface area contributed by atoms with Crippen LogP contribution < -0.4 is 0 Å². The summed E-state index contributed by atoms with van der Waals surface area (Å²) in [5, 5.41) is 8.31. The van der Waals surface area contributed by atoms with Crippen molar-refractivity contribution < 1.29 is 9.90 Å². The summed E-state index contributed by atoms with van der Waals surface area (Å²) in [5.41, 5.74) is 0.468. The Morgan fingerprint density at radius 3 is 3.10 bits per heavy atom. The number of hydrogen-bond acceptors (Lipinski definition) is 2. The zero-order valence-electron chi connectivity index (χ0n) is 5.24. The third kappa shape index (κ3) is 1.85. The number of hydrogen-bond donors (Lipinski definition) is 1. The predicted octanol–water partition coefficient (Wildman–Crippen LogP) is 0.509. The molecule has 0 fully saturated rings. The van der Waals surface area contributed by atoms with Crippen molar-refractivity contribution in [2.45, 2.75) is 6.42 Å². The molecule has 51 valence electrons. The van der Waals surface area contributed by atoms with E-state index in [4.69, 9.17) is 5.11 Å². The van der Waals surface area contributed by atoms with Gasteiger partial charge in [0.1, 0.15) is 0 Å². The van der Waals surface area contributed by atoms with Crippen molar-refractivity contribution in [3.63, 3.8) is 0 Å². The van der Waals surface area contributed by atoms with Crippen molar-refractivity contribution in [3.8, 4) is 0 Å². The molecule has 0 saturated carbocycles. The highest BCUT2D eigenvalue weighted by Gasteiger charge is 1.98. The number of pyridine rings is 1. The van der Waals surface area contributed by atoms with E-state index in [1.165, 1.54) is 0 Å². The van der Waals surface area contributed by atoms with Crippen molar-refractivity contribution in [1.29, 1.82) is 0 Å². The van der Waals surface area contributed by atoms with Crippen molar-refractivity contribution in [2.75, 3.05) is 0 Å². The van der Waals surface area contributed by atoms with Gasteiger partial charge in [-0.1, -0.05) is 6.07 Å². The molecule has 0 aliphatic carbocycles. The minimum atomic E-state index is -0.880. The van der Waals surface area contributed by atoms with Gasteiger partial charge in [0.25, 0.3) is 0 Å². The van der Waals surface area contributed by atoms with Gasteiger partial charge in [0, 0.05) is 12.3 Å². The lowest BCUT2D eigenvalue weighted by molar-refractivity contribution is -0.136. The van der Waals surface area contributed by atoms with E-state index < -0.39 is 5.97 Å². The molecule has 1 aromatic rings. The predicted molar refractivity (Wildman–Crippen MR) is 34.4 cm³/mol. The molecule has 1 aromatic heterocycles.